The Kier molecular flexibility index (Phi) is 5.59. The minimum absolute atomic E-state index is 0.147. The van der Waals surface area contributed by atoms with Gasteiger partial charge in [-0.05, 0) is 82.2 Å². The van der Waals surface area contributed by atoms with Gasteiger partial charge in [0.15, 0.2) is 5.58 Å². The van der Waals surface area contributed by atoms with E-state index in [0.29, 0.717) is 5.89 Å². The van der Waals surface area contributed by atoms with Crippen LogP contribution in [0.5, 0.6) is 0 Å². The third kappa shape index (κ3) is 3.86. The Morgan fingerprint density at radius 2 is 1.23 bits per heavy atom. The van der Waals surface area contributed by atoms with Crippen molar-refractivity contribution in [2.75, 3.05) is 4.90 Å². The number of fused-ring (bicyclic) bond motifs is 9. The highest BCUT2D eigenvalue weighted by Gasteiger charge is 2.36. The Bertz CT molecular complexity index is 2720. The summed E-state index contributed by atoms with van der Waals surface area (Å²) < 4.78 is 12.9. The van der Waals surface area contributed by atoms with Gasteiger partial charge in [0, 0.05) is 38.5 Å². The lowest BCUT2D eigenvalue weighted by Gasteiger charge is -2.28. The van der Waals surface area contributed by atoms with Crippen LogP contribution in [0, 0.1) is 0 Å². The second kappa shape index (κ2) is 9.93. The largest absolute Gasteiger partial charge is 0.456 e. The van der Waals surface area contributed by atoms with Gasteiger partial charge in [-0.3, -0.25) is 0 Å². The van der Waals surface area contributed by atoms with Crippen molar-refractivity contribution in [3.8, 4) is 22.6 Å². The van der Waals surface area contributed by atoms with E-state index < -0.39 is 0 Å². The molecule has 4 heteroatoms. The molecule has 48 heavy (non-hydrogen) atoms. The minimum Gasteiger partial charge on any atom is -0.456 e. The van der Waals surface area contributed by atoms with Gasteiger partial charge in [0.25, 0.3) is 0 Å². The second-order valence-corrected chi connectivity index (χ2v) is 13.2. The van der Waals surface area contributed by atoms with E-state index >= 15 is 0 Å². The van der Waals surface area contributed by atoms with Crippen molar-refractivity contribution in [2.45, 2.75) is 19.3 Å². The number of anilines is 3. The maximum atomic E-state index is 6.64. The number of aromatic nitrogens is 1. The summed E-state index contributed by atoms with van der Waals surface area (Å²) in [5, 5.41) is 4.29. The molecule has 0 bridgehead atoms. The molecule has 1 aliphatic rings. The normalized spacial score (nSPS) is 13.4. The van der Waals surface area contributed by atoms with Crippen molar-refractivity contribution >= 4 is 60.9 Å². The molecule has 1 aliphatic carbocycles. The molecule has 228 valence electrons. The number of rotatable bonds is 4. The van der Waals surface area contributed by atoms with E-state index in [1.165, 1.54) is 22.3 Å². The number of benzene rings is 7. The van der Waals surface area contributed by atoms with Crippen LogP contribution in [0.25, 0.3) is 66.4 Å². The smallest absolute Gasteiger partial charge is 0.227 e. The van der Waals surface area contributed by atoms with Crippen LogP contribution in [0.4, 0.5) is 17.1 Å². The maximum Gasteiger partial charge on any atom is 0.227 e. The van der Waals surface area contributed by atoms with Crippen molar-refractivity contribution in [3.63, 3.8) is 0 Å². The third-order valence-corrected chi connectivity index (χ3v) is 10.1. The Morgan fingerprint density at radius 1 is 0.542 bits per heavy atom. The van der Waals surface area contributed by atoms with Gasteiger partial charge in [0.05, 0.1) is 5.69 Å². The topological polar surface area (TPSA) is 42.4 Å². The van der Waals surface area contributed by atoms with Gasteiger partial charge in [-0.1, -0.05) is 105 Å². The highest BCUT2D eigenvalue weighted by atomic mass is 16.3. The van der Waals surface area contributed by atoms with Crippen molar-refractivity contribution in [1.29, 1.82) is 0 Å². The van der Waals surface area contributed by atoms with Gasteiger partial charge in [-0.15, -0.1) is 0 Å². The molecule has 0 spiro atoms. The lowest BCUT2D eigenvalue weighted by atomic mass is 9.82. The van der Waals surface area contributed by atoms with Crippen molar-refractivity contribution in [2.24, 2.45) is 0 Å². The molecule has 0 unspecified atom stereocenters. The summed E-state index contributed by atoms with van der Waals surface area (Å²) in [7, 11) is 0. The van der Waals surface area contributed by atoms with Crippen LogP contribution in [-0.4, -0.2) is 4.98 Å². The first-order chi connectivity index (χ1) is 23.5. The first-order valence-corrected chi connectivity index (χ1v) is 16.4. The molecule has 10 rings (SSSR count). The minimum atomic E-state index is -0.147. The number of hydrogen-bond acceptors (Lipinski definition) is 4. The molecule has 4 nitrogen and oxygen atoms in total. The summed E-state index contributed by atoms with van der Waals surface area (Å²) >= 11 is 0. The molecule has 0 aliphatic heterocycles. The first kappa shape index (κ1) is 27.0. The van der Waals surface area contributed by atoms with Crippen LogP contribution in [0.1, 0.15) is 25.0 Å². The van der Waals surface area contributed by atoms with E-state index in [4.69, 9.17) is 13.8 Å². The number of nitrogens with zero attached hydrogens (tertiary/aromatic N) is 2. The number of furan rings is 1. The van der Waals surface area contributed by atoms with Gasteiger partial charge in [0.2, 0.25) is 5.89 Å². The van der Waals surface area contributed by atoms with Gasteiger partial charge < -0.3 is 13.7 Å². The van der Waals surface area contributed by atoms with E-state index in [1.807, 2.05) is 42.5 Å². The summed E-state index contributed by atoms with van der Waals surface area (Å²) in [5.74, 6) is 0.602. The maximum absolute atomic E-state index is 6.64. The van der Waals surface area contributed by atoms with E-state index in [-0.39, 0.29) is 5.41 Å². The fourth-order valence-electron chi connectivity index (χ4n) is 7.71. The molecule has 0 fully saturated rings. The van der Waals surface area contributed by atoms with Crippen molar-refractivity contribution in [3.05, 3.63) is 157 Å². The molecular weight excluding hydrogens is 588 g/mol. The van der Waals surface area contributed by atoms with Gasteiger partial charge in [-0.25, -0.2) is 4.98 Å². The SMILES string of the molecule is CC1(C)c2ccccc2-c2ccc(N(c3ccc4oc5ccccc5c4c3)c3cc4ccccc4c4oc(-c5ccccc5)nc34)cc21. The Labute approximate surface area is 277 Å². The molecule has 0 saturated heterocycles. The van der Waals surface area contributed by atoms with Crippen molar-refractivity contribution in [1.82, 2.24) is 4.98 Å². The zero-order valence-corrected chi connectivity index (χ0v) is 26.6. The van der Waals surface area contributed by atoms with Crippen molar-refractivity contribution < 1.29 is 8.83 Å². The lowest BCUT2D eigenvalue weighted by Crippen LogP contribution is -2.16. The predicted octanol–water partition coefficient (Wildman–Crippen LogP) is 12.3. The van der Waals surface area contributed by atoms with Crippen LogP contribution < -0.4 is 4.90 Å². The summed E-state index contributed by atoms with van der Waals surface area (Å²) in [6, 6.07) is 51.2. The number of oxazole rings is 1. The summed E-state index contributed by atoms with van der Waals surface area (Å²) in [6.45, 7) is 4.65. The highest BCUT2D eigenvalue weighted by Crippen LogP contribution is 2.51. The van der Waals surface area contributed by atoms with Gasteiger partial charge >= 0.3 is 0 Å². The molecule has 9 aromatic rings. The molecule has 0 amide bonds. The average Bonchev–Trinajstić information content (AvgIpc) is 3.80. The number of para-hydroxylation sites is 1. The zero-order chi connectivity index (χ0) is 32.0. The Hall–Kier alpha value is -6.13. The van der Waals surface area contributed by atoms with Crippen LogP contribution in [0.2, 0.25) is 0 Å². The predicted molar refractivity (Wildman–Crippen MR) is 196 cm³/mol. The van der Waals surface area contributed by atoms with Crippen LogP contribution in [0.3, 0.4) is 0 Å². The third-order valence-electron chi connectivity index (χ3n) is 10.1. The molecule has 2 aromatic heterocycles. The first-order valence-electron chi connectivity index (χ1n) is 16.4. The standard InChI is InChI=1S/C44H30N2O2/c1-44(2)36-18-10-8-16-32(36)33-22-20-30(26-37(33)44)46(29-21-23-40-35(25-29)34-17-9-11-19-39(34)47-40)38-24-28-14-6-7-15-31(28)42-41(38)45-43(48-42)27-12-4-3-5-13-27/h3-26H,1-2H3. The Balaban J connectivity index is 1.28. The summed E-state index contributed by atoms with van der Waals surface area (Å²) in [5.41, 5.74) is 12.4. The van der Waals surface area contributed by atoms with Crippen LogP contribution in [0.15, 0.2) is 154 Å². The monoisotopic (exact) mass is 618 g/mol. The molecule has 2 heterocycles. The molecule has 0 radical (unpaired) electrons. The highest BCUT2D eigenvalue weighted by molar-refractivity contribution is 6.12. The molecule has 0 atom stereocenters. The zero-order valence-electron chi connectivity index (χ0n) is 26.6. The van der Waals surface area contributed by atoms with E-state index in [2.05, 4.69) is 122 Å². The number of hydrogen-bond donors (Lipinski definition) is 0. The lowest BCUT2D eigenvalue weighted by molar-refractivity contribution is 0.623. The summed E-state index contributed by atoms with van der Waals surface area (Å²) in [6.07, 6.45) is 0. The summed E-state index contributed by atoms with van der Waals surface area (Å²) in [4.78, 5) is 7.55. The quantitative estimate of drug-likeness (QED) is 0.197. The Morgan fingerprint density at radius 3 is 2.12 bits per heavy atom. The van der Waals surface area contributed by atoms with Crippen LogP contribution >= 0.6 is 0 Å². The fraction of sp³-hybridized carbons (Fsp3) is 0.0682. The van der Waals surface area contributed by atoms with E-state index in [9.17, 15) is 0 Å². The van der Waals surface area contributed by atoms with E-state index in [1.54, 1.807) is 0 Å². The fourth-order valence-corrected chi connectivity index (χ4v) is 7.71. The molecule has 0 saturated carbocycles. The molecule has 7 aromatic carbocycles. The average molecular weight is 619 g/mol. The molecule has 0 N–H and O–H groups in total. The second-order valence-electron chi connectivity index (χ2n) is 13.2. The van der Waals surface area contributed by atoms with E-state index in [0.717, 1.165) is 66.4 Å². The van der Waals surface area contributed by atoms with Gasteiger partial charge in [0.1, 0.15) is 16.7 Å². The van der Waals surface area contributed by atoms with Gasteiger partial charge in [-0.2, -0.15) is 0 Å². The van der Waals surface area contributed by atoms with Crippen LogP contribution in [-0.2, 0) is 5.41 Å². The molecular formula is C44H30N2O2.